The number of imide groups is 1. The van der Waals surface area contributed by atoms with Gasteiger partial charge in [-0.1, -0.05) is 18.2 Å². The van der Waals surface area contributed by atoms with Crippen LogP contribution in [-0.4, -0.2) is 31.7 Å². The Morgan fingerprint density at radius 3 is 2.62 bits per heavy atom. The lowest BCUT2D eigenvalue weighted by molar-refractivity contribution is -0.128. The van der Waals surface area contributed by atoms with Gasteiger partial charge in [0, 0.05) is 7.11 Å². The molecule has 1 atom stereocenters. The standard InChI is InChI=1S/C11H12N2O3/c1-16-9-7-12-11(15)13(10(9)14)8-5-3-2-4-6-8/h2-6,9H,7H2,1H3,(H,12,15). The Morgan fingerprint density at radius 2 is 2.00 bits per heavy atom. The minimum atomic E-state index is -0.613. The predicted octanol–water partition coefficient (Wildman–Crippen LogP) is 0.758. The average molecular weight is 220 g/mol. The number of rotatable bonds is 2. The molecular weight excluding hydrogens is 208 g/mol. The molecule has 1 unspecified atom stereocenters. The Morgan fingerprint density at radius 1 is 1.31 bits per heavy atom. The number of anilines is 1. The molecule has 0 saturated carbocycles. The Hall–Kier alpha value is -1.88. The van der Waals surface area contributed by atoms with Gasteiger partial charge in [-0.05, 0) is 12.1 Å². The summed E-state index contributed by atoms with van der Waals surface area (Å²) in [6, 6.07) is 8.36. The van der Waals surface area contributed by atoms with Crippen molar-refractivity contribution in [2.24, 2.45) is 0 Å². The van der Waals surface area contributed by atoms with Crippen LogP contribution in [0.1, 0.15) is 0 Å². The van der Waals surface area contributed by atoms with Crippen molar-refractivity contribution in [3.05, 3.63) is 30.3 Å². The van der Waals surface area contributed by atoms with E-state index in [1.807, 2.05) is 6.07 Å². The number of para-hydroxylation sites is 1. The second-order valence-electron chi connectivity index (χ2n) is 3.42. The molecule has 1 heterocycles. The van der Waals surface area contributed by atoms with Crippen LogP contribution in [0.2, 0.25) is 0 Å². The first-order chi connectivity index (χ1) is 7.74. The van der Waals surface area contributed by atoms with Gasteiger partial charge in [0.1, 0.15) is 0 Å². The van der Waals surface area contributed by atoms with Crippen molar-refractivity contribution < 1.29 is 14.3 Å². The van der Waals surface area contributed by atoms with E-state index in [-0.39, 0.29) is 12.5 Å². The Kier molecular flexibility index (Phi) is 2.87. The van der Waals surface area contributed by atoms with Gasteiger partial charge in [-0.15, -0.1) is 0 Å². The van der Waals surface area contributed by atoms with Gasteiger partial charge in [-0.3, -0.25) is 4.79 Å². The first kappa shape index (κ1) is 10.6. The van der Waals surface area contributed by atoms with E-state index in [9.17, 15) is 9.59 Å². The molecule has 0 aromatic heterocycles. The maximum Gasteiger partial charge on any atom is 0.328 e. The SMILES string of the molecule is COC1CNC(=O)N(c2ccccc2)C1=O. The molecule has 1 saturated heterocycles. The zero-order valence-electron chi connectivity index (χ0n) is 8.84. The van der Waals surface area contributed by atoms with Crippen LogP contribution in [0.15, 0.2) is 30.3 Å². The molecule has 3 amide bonds. The highest BCUT2D eigenvalue weighted by molar-refractivity contribution is 6.17. The Labute approximate surface area is 93.0 Å². The molecule has 5 nitrogen and oxygen atoms in total. The first-order valence-electron chi connectivity index (χ1n) is 4.93. The third kappa shape index (κ3) is 1.77. The average Bonchev–Trinajstić information content (AvgIpc) is 2.31. The molecule has 5 heteroatoms. The van der Waals surface area contributed by atoms with Crippen molar-refractivity contribution in [2.75, 3.05) is 18.6 Å². The number of hydrogen-bond donors (Lipinski definition) is 1. The number of hydrogen-bond acceptors (Lipinski definition) is 3. The molecule has 1 N–H and O–H groups in total. The zero-order chi connectivity index (χ0) is 11.5. The number of urea groups is 1. The molecular formula is C11H12N2O3. The summed E-state index contributed by atoms with van der Waals surface area (Å²) in [4.78, 5) is 24.6. The number of carbonyl (C=O) groups excluding carboxylic acids is 2. The summed E-state index contributed by atoms with van der Waals surface area (Å²) < 4.78 is 5.00. The molecule has 0 bridgehead atoms. The molecule has 1 aliphatic rings. The molecule has 16 heavy (non-hydrogen) atoms. The van der Waals surface area contributed by atoms with Crippen molar-refractivity contribution in [3.8, 4) is 0 Å². The van der Waals surface area contributed by atoms with E-state index >= 15 is 0 Å². The van der Waals surface area contributed by atoms with Gasteiger partial charge in [-0.2, -0.15) is 0 Å². The predicted molar refractivity (Wildman–Crippen MR) is 58.1 cm³/mol. The first-order valence-corrected chi connectivity index (χ1v) is 4.93. The Bertz CT molecular complexity index is 405. The lowest BCUT2D eigenvalue weighted by atomic mass is 10.2. The largest absolute Gasteiger partial charge is 0.370 e. The second-order valence-corrected chi connectivity index (χ2v) is 3.42. The van der Waals surface area contributed by atoms with E-state index < -0.39 is 12.1 Å². The van der Waals surface area contributed by atoms with E-state index in [0.717, 1.165) is 4.90 Å². The third-order valence-corrected chi connectivity index (χ3v) is 2.44. The molecule has 2 rings (SSSR count). The van der Waals surface area contributed by atoms with E-state index in [0.29, 0.717) is 5.69 Å². The van der Waals surface area contributed by atoms with Crippen LogP contribution in [0.5, 0.6) is 0 Å². The van der Waals surface area contributed by atoms with E-state index in [1.165, 1.54) is 7.11 Å². The smallest absolute Gasteiger partial charge is 0.328 e. The maximum absolute atomic E-state index is 11.9. The molecule has 1 aromatic rings. The van der Waals surface area contributed by atoms with E-state index in [4.69, 9.17) is 4.74 Å². The number of amides is 3. The summed E-state index contributed by atoms with van der Waals surface area (Å²) in [7, 11) is 1.45. The lowest BCUT2D eigenvalue weighted by Crippen LogP contribution is -2.58. The van der Waals surface area contributed by atoms with Crippen LogP contribution in [-0.2, 0) is 9.53 Å². The minimum absolute atomic E-state index is 0.220. The van der Waals surface area contributed by atoms with Crippen LogP contribution >= 0.6 is 0 Å². The van der Waals surface area contributed by atoms with Crippen LogP contribution in [0.25, 0.3) is 0 Å². The van der Waals surface area contributed by atoms with Crippen LogP contribution in [0, 0.1) is 0 Å². The number of carbonyl (C=O) groups is 2. The normalized spacial score (nSPS) is 20.8. The number of nitrogens with one attached hydrogen (secondary N) is 1. The lowest BCUT2D eigenvalue weighted by Gasteiger charge is -2.30. The highest BCUT2D eigenvalue weighted by Crippen LogP contribution is 2.17. The fourth-order valence-electron chi connectivity index (χ4n) is 1.60. The molecule has 0 spiro atoms. The van der Waals surface area contributed by atoms with Gasteiger partial charge < -0.3 is 10.1 Å². The molecule has 0 radical (unpaired) electrons. The quantitative estimate of drug-likeness (QED) is 0.800. The summed E-state index contributed by atoms with van der Waals surface area (Å²) in [5, 5.41) is 2.60. The molecule has 1 aliphatic heterocycles. The van der Waals surface area contributed by atoms with Gasteiger partial charge in [0.2, 0.25) is 0 Å². The number of benzene rings is 1. The van der Waals surface area contributed by atoms with Gasteiger partial charge in [-0.25, -0.2) is 9.69 Å². The molecule has 1 fully saturated rings. The summed E-state index contributed by atoms with van der Waals surface area (Å²) in [6.07, 6.45) is -0.613. The fraction of sp³-hybridized carbons (Fsp3) is 0.273. The van der Waals surface area contributed by atoms with Crippen LogP contribution in [0.3, 0.4) is 0 Å². The summed E-state index contributed by atoms with van der Waals surface area (Å²) >= 11 is 0. The van der Waals surface area contributed by atoms with Crippen molar-refractivity contribution in [2.45, 2.75) is 6.10 Å². The number of nitrogens with zero attached hydrogens (tertiary/aromatic N) is 1. The zero-order valence-corrected chi connectivity index (χ0v) is 8.84. The van der Waals surface area contributed by atoms with Crippen molar-refractivity contribution >= 4 is 17.6 Å². The number of ether oxygens (including phenoxy) is 1. The second kappa shape index (κ2) is 4.32. The topological polar surface area (TPSA) is 58.6 Å². The maximum atomic E-state index is 11.9. The molecule has 84 valence electrons. The molecule has 0 aliphatic carbocycles. The van der Waals surface area contributed by atoms with Crippen molar-refractivity contribution in [3.63, 3.8) is 0 Å². The molecule has 1 aromatic carbocycles. The van der Waals surface area contributed by atoms with Crippen LogP contribution in [0.4, 0.5) is 10.5 Å². The monoisotopic (exact) mass is 220 g/mol. The summed E-state index contributed by atoms with van der Waals surface area (Å²) in [6.45, 7) is 0.220. The van der Waals surface area contributed by atoms with Gasteiger partial charge in [0.25, 0.3) is 5.91 Å². The van der Waals surface area contributed by atoms with Crippen molar-refractivity contribution in [1.82, 2.24) is 5.32 Å². The van der Waals surface area contributed by atoms with Gasteiger partial charge in [0.15, 0.2) is 6.10 Å². The van der Waals surface area contributed by atoms with E-state index in [2.05, 4.69) is 5.32 Å². The highest BCUT2D eigenvalue weighted by Gasteiger charge is 2.35. The highest BCUT2D eigenvalue weighted by atomic mass is 16.5. The van der Waals surface area contributed by atoms with Gasteiger partial charge >= 0.3 is 6.03 Å². The summed E-state index contributed by atoms with van der Waals surface area (Å²) in [5.74, 6) is -0.336. The fourth-order valence-corrected chi connectivity index (χ4v) is 1.60. The minimum Gasteiger partial charge on any atom is -0.370 e. The van der Waals surface area contributed by atoms with Crippen molar-refractivity contribution in [1.29, 1.82) is 0 Å². The summed E-state index contributed by atoms with van der Waals surface area (Å²) in [5.41, 5.74) is 0.548. The van der Waals surface area contributed by atoms with E-state index in [1.54, 1.807) is 24.3 Å². The third-order valence-electron chi connectivity index (χ3n) is 2.44. The Balaban J connectivity index is 2.31. The van der Waals surface area contributed by atoms with Crippen LogP contribution < -0.4 is 10.2 Å². The van der Waals surface area contributed by atoms with Gasteiger partial charge in [0.05, 0.1) is 12.2 Å². The number of methoxy groups -OCH3 is 1.